The maximum absolute atomic E-state index is 13.4. The van der Waals surface area contributed by atoms with Gasteiger partial charge >= 0.3 is 0 Å². The summed E-state index contributed by atoms with van der Waals surface area (Å²) in [7, 11) is 0. The number of hydrogen-bond acceptors (Lipinski definition) is 4. The van der Waals surface area contributed by atoms with E-state index >= 15 is 0 Å². The molecule has 0 saturated carbocycles. The van der Waals surface area contributed by atoms with Gasteiger partial charge in [0, 0.05) is 23.9 Å². The lowest BCUT2D eigenvalue weighted by Crippen LogP contribution is -2.28. The number of aromatic nitrogens is 2. The lowest BCUT2D eigenvalue weighted by atomic mass is 10.1. The Morgan fingerprint density at radius 2 is 1.68 bits per heavy atom. The highest BCUT2D eigenvalue weighted by molar-refractivity contribution is 5.78. The number of amides is 2. The van der Waals surface area contributed by atoms with E-state index in [9.17, 15) is 14.0 Å². The summed E-state index contributed by atoms with van der Waals surface area (Å²) in [4.78, 5) is 23.4. The van der Waals surface area contributed by atoms with Gasteiger partial charge in [0.05, 0.1) is 17.8 Å². The van der Waals surface area contributed by atoms with Gasteiger partial charge in [-0.1, -0.05) is 30.3 Å². The molecule has 0 fully saturated rings. The second-order valence-electron chi connectivity index (χ2n) is 7.64. The minimum Gasteiger partial charge on any atom is -0.484 e. The van der Waals surface area contributed by atoms with Crippen molar-refractivity contribution in [2.45, 2.75) is 13.0 Å². The van der Waals surface area contributed by atoms with Gasteiger partial charge in [0.2, 0.25) is 5.91 Å². The van der Waals surface area contributed by atoms with Crippen LogP contribution in [0.3, 0.4) is 0 Å². The molecule has 34 heavy (non-hydrogen) atoms. The highest BCUT2D eigenvalue weighted by Crippen LogP contribution is 2.24. The fourth-order valence-corrected chi connectivity index (χ4v) is 3.40. The standard InChI is InChI=1S/C26H23FN4O3/c27-21-10-8-19(9-11-21)26-20(16-31(30-26)22-4-2-1-3-5-22)15-29-25(33)17-34-23-12-6-18(7-13-23)14-24(28)32/h1-13,16H,14-15,17H2,(H2,28,32)(H,29,33). The predicted molar refractivity (Wildman–Crippen MR) is 126 cm³/mol. The Kier molecular flexibility index (Phi) is 6.98. The third-order valence-electron chi connectivity index (χ3n) is 5.08. The second-order valence-corrected chi connectivity index (χ2v) is 7.64. The van der Waals surface area contributed by atoms with Crippen LogP contribution >= 0.6 is 0 Å². The molecule has 7 nitrogen and oxygen atoms in total. The summed E-state index contributed by atoms with van der Waals surface area (Å²) in [6, 6.07) is 22.5. The molecule has 0 aliphatic rings. The van der Waals surface area contributed by atoms with E-state index < -0.39 is 5.91 Å². The van der Waals surface area contributed by atoms with Crippen LogP contribution in [-0.4, -0.2) is 28.2 Å². The van der Waals surface area contributed by atoms with Crippen LogP contribution in [-0.2, 0) is 22.6 Å². The van der Waals surface area contributed by atoms with Crippen molar-refractivity contribution in [2.24, 2.45) is 5.73 Å². The molecule has 3 N–H and O–H groups in total. The Morgan fingerprint density at radius 3 is 2.35 bits per heavy atom. The Bertz CT molecular complexity index is 1270. The first kappa shape index (κ1) is 22.7. The highest BCUT2D eigenvalue weighted by Gasteiger charge is 2.14. The van der Waals surface area contributed by atoms with Crippen molar-refractivity contribution in [1.82, 2.24) is 15.1 Å². The average molecular weight is 458 g/mol. The van der Waals surface area contributed by atoms with Gasteiger partial charge in [-0.15, -0.1) is 0 Å². The van der Waals surface area contributed by atoms with Crippen molar-refractivity contribution >= 4 is 11.8 Å². The summed E-state index contributed by atoms with van der Waals surface area (Å²) < 4.78 is 20.7. The fraction of sp³-hybridized carbons (Fsp3) is 0.115. The molecule has 8 heteroatoms. The summed E-state index contributed by atoms with van der Waals surface area (Å²) in [5, 5.41) is 7.50. The van der Waals surface area contributed by atoms with Gasteiger partial charge in [-0.3, -0.25) is 9.59 Å². The van der Waals surface area contributed by atoms with Crippen LogP contribution in [0.15, 0.2) is 85.1 Å². The topological polar surface area (TPSA) is 99.2 Å². The molecular formula is C26H23FN4O3. The summed E-state index contributed by atoms with van der Waals surface area (Å²) in [6.07, 6.45) is 1.99. The summed E-state index contributed by atoms with van der Waals surface area (Å²) >= 11 is 0. The number of rotatable bonds is 9. The van der Waals surface area contributed by atoms with Crippen molar-refractivity contribution in [3.63, 3.8) is 0 Å². The minimum atomic E-state index is -0.413. The largest absolute Gasteiger partial charge is 0.484 e. The van der Waals surface area contributed by atoms with Crippen LogP contribution in [0.25, 0.3) is 16.9 Å². The van der Waals surface area contributed by atoms with E-state index in [0.29, 0.717) is 11.4 Å². The molecule has 4 aromatic rings. The molecule has 0 aliphatic carbocycles. The number of nitrogens with zero attached hydrogens (tertiary/aromatic N) is 2. The van der Waals surface area contributed by atoms with Crippen molar-refractivity contribution in [3.8, 4) is 22.7 Å². The predicted octanol–water partition coefficient (Wildman–Crippen LogP) is 3.40. The number of nitrogens with two attached hydrogens (primary N) is 1. The average Bonchev–Trinajstić information content (AvgIpc) is 3.27. The first-order valence-electron chi connectivity index (χ1n) is 10.6. The molecule has 0 unspecified atom stereocenters. The molecule has 0 radical (unpaired) electrons. The summed E-state index contributed by atoms with van der Waals surface area (Å²) in [5.74, 6) is -0.546. The monoisotopic (exact) mass is 458 g/mol. The normalized spacial score (nSPS) is 10.6. The second kappa shape index (κ2) is 10.4. The van der Waals surface area contributed by atoms with Crippen LogP contribution < -0.4 is 15.8 Å². The van der Waals surface area contributed by atoms with E-state index in [2.05, 4.69) is 10.4 Å². The number of benzene rings is 3. The quantitative estimate of drug-likeness (QED) is 0.402. The number of para-hydroxylation sites is 1. The van der Waals surface area contributed by atoms with Gasteiger partial charge in [0.15, 0.2) is 6.61 Å². The first-order valence-corrected chi connectivity index (χ1v) is 10.6. The minimum absolute atomic E-state index is 0.147. The van der Waals surface area contributed by atoms with Crippen molar-refractivity contribution in [3.05, 3.63) is 102 Å². The van der Waals surface area contributed by atoms with Gasteiger partial charge in [0.25, 0.3) is 5.91 Å². The maximum Gasteiger partial charge on any atom is 0.258 e. The van der Waals surface area contributed by atoms with Gasteiger partial charge in [-0.25, -0.2) is 9.07 Å². The van der Waals surface area contributed by atoms with E-state index in [1.807, 2.05) is 36.5 Å². The first-order chi connectivity index (χ1) is 16.5. The Morgan fingerprint density at radius 1 is 0.971 bits per heavy atom. The fourth-order valence-electron chi connectivity index (χ4n) is 3.40. The zero-order chi connectivity index (χ0) is 23.9. The van der Waals surface area contributed by atoms with Crippen molar-refractivity contribution in [2.75, 3.05) is 6.61 Å². The highest BCUT2D eigenvalue weighted by atomic mass is 19.1. The third-order valence-corrected chi connectivity index (χ3v) is 5.08. The molecule has 3 aromatic carbocycles. The zero-order valence-corrected chi connectivity index (χ0v) is 18.3. The van der Waals surface area contributed by atoms with Gasteiger partial charge < -0.3 is 15.8 Å². The molecule has 2 amide bonds. The smallest absolute Gasteiger partial charge is 0.258 e. The number of halogens is 1. The van der Waals surface area contributed by atoms with E-state index in [1.54, 1.807) is 41.1 Å². The third kappa shape index (κ3) is 5.86. The lowest BCUT2D eigenvalue weighted by molar-refractivity contribution is -0.123. The van der Waals surface area contributed by atoms with E-state index in [-0.39, 0.29) is 31.3 Å². The van der Waals surface area contributed by atoms with E-state index in [1.165, 1.54) is 12.1 Å². The summed E-state index contributed by atoms with van der Waals surface area (Å²) in [5.41, 5.74) is 8.99. The molecule has 0 saturated heterocycles. The van der Waals surface area contributed by atoms with Crippen LogP contribution in [0.2, 0.25) is 0 Å². The number of primary amides is 1. The number of carbonyl (C=O) groups is 2. The van der Waals surface area contributed by atoms with Crippen molar-refractivity contribution < 1.29 is 18.7 Å². The number of carbonyl (C=O) groups excluding carboxylic acids is 2. The van der Waals surface area contributed by atoms with Crippen LogP contribution in [0.5, 0.6) is 5.75 Å². The molecule has 0 aliphatic heterocycles. The molecule has 172 valence electrons. The van der Waals surface area contributed by atoms with Crippen LogP contribution in [0.1, 0.15) is 11.1 Å². The SMILES string of the molecule is NC(=O)Cc1ccc(OCC(=O)NCc2cn(-c3ccccc3)nc2-c2ccc(F)cc2)cc1. The summed E-state index contributed by atoms with van der Waals surface area (Å²) in [6.45, 7) is 0.0488. The van der Waals surface area contributed by atoms with Gasteiger partial charge in [-0.05, 0) is 54.1 Å². The lowest BCUT2D eigenvalue weighted by Gasteiger charge is -2.08. The van der Waals surface area contributed by atoms with Crippen molar-refractivity contribution in [1.29, 1.82) is 0 Å². The maximum atomic E-state index is 13.4. The van der Waals surface area contributed by atoms with Gasteiger partial charge in [-0.2, -0.15) is 5.10 Å². The molecule has 0 atom stereocenters. The van der Waals surface area contributed by atoms with Crippen LogP contribution in [0.4, 0.5) is 4.39 Å². The Balaban J connectivity index is 1.43. The Labute approximate surface area is 196 Å². The molecule has 0 bridgehead atoms. The number of nitrogens with one attached hydrogen (secondary N) is 1. The number of ether oxygens (including phenoxy) is 1. The van der Waals surface area contributed by atoms with E-state index in [4.69, 9.17) is 10.5 Å². The zero-order valence-electron chi connectivity index (χ0n) is 18.3. The van der Waals surface area contributed by atoms with Gasteiger partial charge in [0.1, 0.15) is 11.6 Å². The number of hydrogen-bond donors (Lipinski definition) is 2. The molecular weight excluding hydrogens is 435 g/mol. The molecule has 0 spiro atoms. The Hall–Kier alpha value is -4.46. The van der Waals surface area contributed by atoms with E-state index in [0.717, 1.165) is 22.4 Å². The molecule has 1 aromatic heterocycles. The molecule has 4 rings (SSSR count). The molecule has 1 heterocycles. The van der Waals surface area contributed by atoms with Crippen LogP contribution in [0, 0.1) is 5.82 Å².